The molecule has 2 aromatic carbocycles. The predicted octanol–water partition coefficient (Wildman–Crippen LogP) is 3.46. The molecule has 3 rings (SSSR count). The quantitative estimate of drug-likeness (QED) is 0.320. The average molecular weight is 541 g/mol. The molecule has 6 nitrogen and oxygen atoms in total. The third-order valence-electron chi connectivity index (χ3n) is 5.24. The normalized spacial score (nSPS) is 16.3. The fraction of sp³-hybridized carbons (Fsp3) is 0.435. The maximum Gasteiger partial charge on any atom is 0.191 e. The molecule has 1 aliphatic heterocycles. The number of guanidine groups is 1. The van der Waals surface area contributed by atoms with E-state index in [4.69, 9.17) is 4.74 Å². The second-order valence-electron chi connectivity index (χ2n) is 7.84. The molecule has 0 amide bonds. The second kappa shape index (κ2) is 12.1. The lowest BCUT2D eigenvalue weighted by Crippen LogP contribution is -2.44. The van der Waals surface area contributed by atoms with Crippen molar-refractivity contribution in [1.82, 2.24) is 15.5 Å². The SMILES string of the molecule is CN=C(NCc1ccc(F)c(CN(C)C)c1)NC1CCN(c2ccccc2OC)C1.I. The van der Waals surface area contributed by atoms with E-state index in [1.54, 1.807) is 14.2 Å². The molecule has 0 bridgehead atoms. The smallest absolute Gasteiger partial charge is 0.191 e. The van der Waals surface area contributed by atoms with Crippen LogP contribution >= 0.6 is 24.0 Å². The Morgan fingerprint density at radius 3 is 2.74 bits per heavy atom. The minimum Gasteiger partial charge on any atom is -0.495 e. The van der Waals surface area contributed by atoms with Gasteiger partial charge in [-0.3, -0.25) is 4.99 Å². The molecular weight excluding hydrogens is 508 g/mol. The molecule has 2 aromatic rings. The number of ether oxygens (including phenoxy) is 1. The molecule has 1 aliphatic rings. The van der Waals surface area contributed by atoms with Crippen molar-refractivity contribution >= 4 is 35.6 Å². The van der Waals surface area contributed by atoms with Crippen LogP contribution in [0.25, 0.3) is 0 Å². The lowest BCUT2D eigenvalue weighted by atomic mass is 10.1. The Hall–Kier alpha value is -2.07. The summed E-state index contributed by atoms with van der Waals surface area (Å²) in [6.45, 7) is 3.00. The number of rotatable bonds is 7. The van der Waals surface area contributed by atoms with Crippen LogP contribution in [0.5, 0.6) is 5.75 Å². The fourth-order valence-electron chi connectivity index (χ4n) is 3.76. The van der Waals surface area contributed by atoms with Gasteiger partial charge in [-0.2, -0.15) is 0 Å². The van der Waals surface area contributed by atoms with Gasteiger partial charge in [0.1, 0.15) is 11.6 Å². The highest BCUT2D eigenvalue weighted by molar-refractivity contribution is 14.0. The van der Waals surface area contributed by atoms with E-state index >= 15 is 0 Å². The topological polar surface area (TPSA) is 52.1 Å². The monoisotopic (exact) mass is 541 g/mol. The molecule has 0 spiro atoms. The molecule has 0 radical (unpaired) electrons. The van der Waals surface area contributed by atoms with Crippen LogP contribution < -0.4 is 20.3 Å². The van der Waals surface area contributed by atoms with E-state index in [1.165, 1.54) is 6.07 Å². The summed E-state index contributed by atoms with van der Waals surface area (Å²) in [6, 6.07) is 13.7. The van der Waals surface area contributed by atoms with Crippen molar-refractivity contribution in [1.29, 1.82) is 0 Å². The van der Waals surface area contributed by atoms with Crippen LogP contribution in [-0.4, -0.2) is 58.2 Å². The van der Waals surface area contributed by atoms with Crippen molar-refractivity contribution in [3.8, 4) is 5.75 Å². The summed E-state index contributed by atoms with van der Waals surface area (Å²) in [7, 11) is 7.35. The van der Waals surface area contributed by atoms with Crippen LogP contribution in [0.15, 0.2) is 47.5 Å². The Morgan fingerprint density at radius 2 is 2.03 bits per heavy atom. The van der Waals surface area contributed by atoms with E-state index in [1.807, 2.05) is 49.3 Å². The Morgan fingerprint density at radius 1 is 1.26 bits per heavy atom. The fourth-order valence-corrected chi connectivity index (χ4v) is 3.76. The zero-order valence-electron chi connectivity index (χ0n) is 18.7. The molecule has 31 heavy (non-hydrogen) atoms. The van der Waals surface area contributed by atoms with E-state index in [0.29, 0.717) is 24.7 Å². The molecule has 1 unspecified atom stereocenters. The first-order valence-electron chi connectivity index (χ1n) is 10.3. The second-order valence-corrected chi connectivity index (χ2v) is 7.84. The van der Waals surface area contributed by atoms with E-state index in [9.17, 15) is 4.39 Å². The molecule has 1 heterocycles. The highest BCUT2D eigenvalue weighted by Gasteiger charge is 2.25. The standard InChI is InChI=1S/C23H32FN5O.HI/c1-25-23(26-14-17-9-10-20(24)18(13-17)15-28(2)3)27-19-11-12-29(16-19)21-7-5-6-8-22(21)30-4;/h5-10,13,19H,11-12,14-16H2,1-4H3,(H2,25,26,27);1H. The van der Waals surface area contributed by atoms with Crippen LogP contribution in [0.4, 0.5) is 10.1 Å². The first-order valence-corrected chi connectivity index (χ1v) is 10.3. The summed E-state index contributed by atoms with van der Waals surface area (Å²) in [5.41, 5.74) is 2.84. The number of nitrogens with zero attached hydrogens (tertiary/aromatic N) is 3. The zero-order chi connectivity index (χ0) is 21.5. The van der Waals surface area contributed by atoms with Crippen molar-refractivity contribution in [3.05, 3.63) is 59.4 Å². The van der Waals surface area contributed by atoms with E-state index < -0.39 is 0 Å². The largest absolute Gasteiger partial charge is 0.495 e. The van der Waals surface area contributed by atoms with Crippen LogP contribution in [-0.2, 0) is 13.1 Å². The molecular formula is C23H33FIN5O. The van der Waals surface area contributed by atoms with Gasteiger partial charge in [0.25, 0.3) is 0 Å². The highest BCUT2D eigenvalue weighted by Crippen LogP contribution is 2.30. The van der Waals surface area contributed by atoms with Crippen LogP contribution in [0.2, 0.25) is 0 Å². The van der Waals surface area contributed by atoms with Crippen LogP contribution in [0.3, 0.4) is 0 Å². The number of hydrogen-bond donors (Lipinski definition) is 2. The van der Waals surface area contributed by atoms with E-state index in [0.717, 1.165) is 42.5 Å². The molecule has 1 fully saturated rings. The lowest BCUT2D eigenvalue weighted by Gasteiger charge is -2.22. The summed E-state index contributed by atoms with van der Waals surface area (Å²) in [5.74, 6) is 1.48. The average Bonchev–Trinajstić information content (AvgIpc) is 3.21. The lowest BCUT2D eigenvalue weighted by molar-refractivity contribution is 0.392. The molecule has 0 saturated carbocycles. The highest BCUT2D eigenvalue weighted by atomic mass is 127. The first-order chi connectivity index (χ1) is 14.5. The summed E-state index contributed by atoms with van der Waals surface area (Å²) in [6.07, 6.45) is 1.02. The summed E-state index contributed by atoms with van der Waals surface area (Å²) >= 11 is 0. The van der Waals surface area contributed by atoms with Gasteiger partial charge in [-0.05, 0) is 50.3 Å². The maximum atomic E-state index is 14.0. The van der Waals surface area contributed by atoms with E-state index in [2.05, 4.69) is 26.6 Å². The van der Waals surface area contributed by atoms with Gasteiger partial charge in [-0.25, -0.2) is 4.39 Å². The molecule has 1 atom stereocenters. The third kappa shape index (κ3) is 6.96. The Kier molecular flexibility index (Phi) is 9.83. The number of methoxy groups -OCH3 is 1. The molecule has 0 aromatic heterocycles. The van der Waals surface area contributed by atoms with Gasteiger partial charge in [-0.1, -0.05) is 18.2 Å². The van der Waals surface area contributed by atoms with Gasteiger partial charge in [0.2, 0.25) is 0 Å². The number of aliphatic imine (C=N–C) groups is 1. The number of nitrogens with one attached hydrogen (secondary N) is 2. The Bertz CT molecular complexity index is 877. The molecule has 0 aliphatic carbocycles. The summed E-state index contributed by atoms with van der Waals surface area (Å²) < 4.78 is 19.5. The number of anilines is 1. The molecule has 8 heteroatoms. The number of para-hydroxylation sites is 2. The zero-order valence-corrected chi connectivity index (χ0v) is 21.0. The van der Waals surface area contributed by atoms with Gasteiger partial charge in [-0.15, -0.1) is 24.0 Å². The van der Waals surface area contributed by atoms with Crippen molar-refractivity contribution in [3.63, 3.8) is 0 Å². The van der Waals surface area contributed by atoms with Crippen LogP contribution in [0.1, 0.15) is 17.5 Å². The molecule has 2 N–H and O–H groups in total. The summed E-state index contributed by atoms with van der Waals surface area (Å²) in [4.78, 5) is 8.65. The van der Waals surface area contributed by atoms with Gasteiger partial charge in [0, 0.05) is 44.8 Å². The minimum atomic E-state index is -0.169. The number of hydrogen-bond acceptors (Lipinski definition) is 4. The van der Waals surface area contributed by atoms with Gasteiger partial charge in [0.05, 0.1) is 12.8 Å². The van der Waals surface area contributed by atoms with E-state index in [-0.39, 0.29) is 29.8 Å². The van der Waals surface area contributed by atoms with Crippen molar-refractivity contribution in [2.45, 2.75) is 25.6 Å². The van der Waals surface area contributed by atoms with Gasteiger partial charge < -0.3 is 25.2 Å². The third-order valence-corrected chi connectivity index (χ3v) is 5.24. The van der Waals surface area contributed by atoms with Gasteiger partial charge in [0.15, 0.2) is 5.96 Å². The maximum absolute atomic E-state index is 14.0. The van der Waals surface area contributed by atoms with Crippen molar-refractivity contribution < 1.29 is 9.13 Å². The minimum absolute atomic E-state index is 0. The van der Waals surface area contributed by atoms with Crippen molar-refractivity contribution in [2.75, 3.05) is 46.2 Å². The van der Waals surface area contributed by atoms with Crippen molar-refractivity contribution in [2.24, 2.45) is 4.99 Å². The van der Waals surface area contributed by atoms with Gasteiger partial charge >= 0.3 is 0 Å². The molecule has 170 valence electrons. The molecule has 1 saturated heterocycles. The first kappa shape index (κ1) is 25.2. The Labute approximate surface area is 201 Å². The predicted molar refractivity (Wildman–Crippen MR) is 136 cm³/mol. The van der Waals surface area contributed by atoms with Crippen LogP contribution in [0, 0.1) is 5.82 Å². The number of benzene rings is 2. The number of halogens is 2. The Balaban J connectivity index is 0.00000341. The summed E-state index contributed by atoms with van der Waals surface area (Å²) in [5, 5.41) is 6.85.